The van der Waals surface area contributed by atoms with Gasteiger partial charge in [-0.3, -0.25) is 9.59 Å². The monoisotopic (exact) mass is 280 g/mol. The molecular formula is C14H20N2O2S. The number of carbonyl (C=O) groups excluding carboxylic acids is 2. The molecule has 0 saturated carbocycles. The van der Waals surface area contributed by atoms with Crippen LogP contribution >= 0.6 is 11.3 Å². The molecule has 1 saturated heterocycles. The molecule has 4 nitrogen and oxygen atoms in total. The summed E-state index contributed by atoms with van der Waals surface area (Å²) in [5.41, 5.74) is -0.792. The van der Waals surface area contributed by atoms with Crippen molar-refractivity contribution in [3.8, 4) is 0 Å². The summed E-state index contributed by atoms with van der Waals surface area (Å²) in [4.78, 5) is 28.4. The van der Waals surface area contributed by atoms with Crippen LogP contribution in [0, 0.1) is 0 Å². The Balaban J connectivity index is 2.24. The molecule has 1 aliphatic heterocycles. The highest BCUT2D eigenvalue weighted by molar-refractivity contribution is 7.11. The van der Waals surface area contributed by atoms with Crippen LogP contribution in [0.2, 0.25) is 0 Å². The zero-order valence-corrected chi connectivity index (χ0v) is 12.6. The molecule has 1 aromatic heterocycles. The smallest absolute Gasteiger partial charge is 0.246 e. The third-order valence-electron chi connectivity index (χ3n) is 3.59. The first-order valence-electron chi connectivity index (χ1n) is 6.56. The van der Waals surface area contributed by atoms with E-state index in [0.29, 0.717) is 6.54 Å². The lowest BCUT2D eigenvalue weighted by molar-refractivity contribution is -0.155. The zero-order chi connectivity index (χ0) is 14.2. The largest absolute Gasteiger partial charge is 0.343 e. The third kappa shape index (κ3) is 2.52. The lowest BCUT2D eigenvalue weighted by atomic mass is 9.96. The number of carbonyl (C=O) groups is 2. The van der Waals surface area contributed by atoms with Gasteiger partial charge < -0.3 is 10.2 Å². The Morgan fingerprint density at radius 1 is 1.32 bits per heavy atom. The van der Waals surface area contributed by atoms with Crippen LogP contribution in [0.3, 0.4) is 0 Å². The first-order chi connectivity index (χ1) is 8.86. The number of nitrogens with zero attached hydrogens (tertiary/aromatic N) is 1. The van der Waals surface area contributed by atoms with Crippen molar-refractivity contribution in [1.29, 1.82) is 0 Å². The topological polar surface area (TPSA) is 49.4 Å². The number of nitrogens with one attached hydrogen (secondary N) is 1. The molecule has 1 N–H and O–H groups in total. The summed E-state index contributed by atoms with van der Waals surface area (Å²) in [7, 11) is 0. The van der Waals surface area contributed by atoms with Gasteiger partial charge in [0.25, 0.3) is 0 Å². The minimum absolute atomic E-state index is 0.0175. The molecule has 0 radical (unpaired) electrons. The third-order valence-corrected chi connectivity index (χ3v) is 4.81. The Bertz CT molecular complexity index is 507. The zero-order valence-electron chi connectivity index (χ0n) is 11.8. The normalized spacial score (nSPS) is 22.5. The van der Waals surface area contributed by atoms with Crippen molar-refractivity contribution in [3.05, 3.63) is 21.9 Å². The molecule has 0 bridgehead atoms. The van der Waals surface area contributed by atoms with Gasteiger partial charge in [0.1, 0.15) is 11.6 Å². The number of piperazine rings is 1. The maximum absolute atomic E-state index is 12.3. The lowest BCUT2D eigenvalue weighted by Gasteiger charge is -2.43. The van der Waals surface area contributed by atoms with Gasteiger partial charge in [-0.1, -0.05) is 6.92 Å². The predicted molar refractivity (Wildman–Crippen MR) is 75.9 cm³/mol. The van der Waals surface area contributed by atoms with Gasteiger partial charge in [-0.25, -0.2) is 0 Å². The first-order valence-corrected chi connectivity index (χ1v) is 7.38. The van der Waals surface area contributed by atoms with Crippen molar-refractivity contribution in [2.45, 2.75) is 52.2 Å². The minimum Gasteiger partial charge on any atom is -0.343 e. The Labute approximate surface area is 117 Å². The molecule has 1 unspecified atom stereocenters. The van der Waals surface area contributed by atoms with E-state index in [2.05, 4.69) is 18.3 Å². The maximum atomic E-state index is 12.3. The second-order valence-electron chi connectivity index (χ2n) is 5.40. The van der Waals surface area contributed by atoms with Gasteiger partial charge in [-0.2, -0.15) is 0 Å². The number of aryl methyl sites for hydroxylation is 1. The molecular weight excluding hydrogens is 260 g/mol. The second-order valence-corrected chi connectivity index (χ2v) is 6.65. The van der Waals surface area contributed by atoms with E-state index in [1.807, 2.05) is 6.07 Å². The summed E-state index contributed by atoms with van der Waals surface area (Å²) in [6.45, 7) is 7.94. The van der Waals surface area contributed by atoms with Crippen LogP contribution in [0.4, 0.5) is 0 Å². The van der Waals surface area contributed by atoms with Crippen molar-refractivity contribution in [1.82, 2.24) is 10.2 Å². The highest BCUT2D eigenvalue weighted by Gasteiger charge is 2.44. The van der Waals surface area contributed by atoms with Gasteiger partial charge in [0, 0.05) is 9.75 Å². The van der Waals surface area contributed by atoms with E-state index in [1.54, 1.807) is 37.0 Å². The van der Waals surface area contributed by atoms with Gasteiger partial charge in [0.15, 0.2) is 0 Å². The SMILES string of the molecule is CCc1ccc(CN2C(=O)C(C)NC(=O)C2(C)C)s1. The van der Waals surface area contributed by atoms with Gasteiger partial charge >= 0.3 is 0 Å². The highest BCUT2D eigenvalue weighted by atomic mass is 32.1. The first kappa shape index (κ1) is 14.1. The molecule has 5 heteroatoms. The number of hydrogen-bond acceptors (Lipinski definition) is 3. The van der Waals surface area contributed by atoms with Crippen LogP contribution < -0.4 is 5.32 Å². The fraction of sp³-hybridized carbons (Fsp3) is 0.571. The lowest BCUT2D eigenvalue weighted by Crippen LogP contribution is -2.67. The van der Waals surface area contributed by atoms with Crippen LogP contribution in [0.15, 0.2) is 12.1 Å². The van der Waals surface area contributed by atoms with Crippen molar-refractivity contribution < 1.29 is 9.59 Å². The molecule has 0 aromatic carbocycles. The van der Waals surface area contributed by atoms with Gasteiger partial charge in [0.05, 0.1) is 6.54 Å². The standard InChI is InChI=1S/C14H20N2O2S/c1-5-10-6-7-11(19-10)8-16-12(17)9(2)15-13(18)14(16,3)4/h6-7,9H,5,8H2,1-4H3,(H,15,18). The average molecular weight is 280 g/mol. The molecule has 2 heterocycles. The quantitative estimate of drug-likeness (QED) is 0.920. The number of hydrogen-bond donors (Lipinski definition) is 1. The number of thiophene rings is 1. The summed E-state index contributed by atoms with van der Waals surface area (Å²) in [6, 6.07) is 3.70. The van der Waals surface area contributed by atoms with Gasteiger partial charge in [0.2, 0.25) is 11.8 Å². The summed E-state index contributed by atoms with van der Waals surface area (Å²) in [5, 5.41) is 2.72. The van der Waals surface area contributed by atoms with E-state index in [4.69, 9.17) is 0 Å². The predicted octanol–water partition coefficient (Wildman–Crippen LogP) is 1.94. The highest BCUT2D eigenvalue weighted by Crippen LogP contribution is 2.26. The summed E-state index contributed by atoms with van der Waals surface area (Å²) >= 11 is 1.71. The van der Waals surface area contributed by atoms with E-state index in [-0.39, 0.29) is 11.8 Å². The fourth-order valence-electron chi connectivity index (χ4n) is 2.20. The molecule has 1 atom stereocenters. The Morgan fingerprint density at radius 2 is 1.95 bits per heavy atom. The van der Waals surface area contributed by atoms with Crippen LogP contribution in [-0.4, -0.2) is 28.3 Å². The van der Waals surface area contributed by atoms with Crippen molar-refractivity contribution in [3.63, 3.8) is 0 Å². The number of amides is 2. The van der Waals surface area contributed by atoms with E-state index in [9.17, 15) is 9.59 Å². The Morgan fingerprint density at radius 3 is 2.53 bits per heavy atom. The van der Waals surface area contributed by atoms with Crippen molar-refractivity contribution in [2.75, 3.05) is 0 Å². The fourth-order valence-corrected chi connectivity index (χ4v) is 3.14. The molecule has 0 aliphatic carbocycles. The minimum atomic E-state index is -0.792. The molecule has 104 valence electrons. The number of rotatable bonds is 3. The molecule has 2 amide bonds. The molecule has 1 aliphatic rings. The summed E-state index contributed by atoms with van der Waals surface area (Å²) in [5.74, 6) is -0.108. The summed E-state index contributed by atoms with van der Waals surface area (Å²) < 4.78 is 0. The van der Waals surface area contributed by atoms with E-state index in [1.165, 1.54) is 4.88 Å². The van der Waals surface area contributed by atoms with Crippen molar-refractivity contribution >= 4 is 23.2 Å². The van der Waals surface area contributed by atoms with E-state index < -0.39 is 11.6 Å². The van der Waals surface area contributed by atoms with Gasteiger partial charge in [-0.05, 0) is 39.3 Å². The molecule has 0 spiro atoms. The van der Waals surface area contributed by atoms with Crippen LogP contribution in [0.25, 0.3) is 0 Å². The molecule has 1 aromatic rings. The summed E-state index contributed by atoms with van der Waals surface area (Å²) in [6.07, 6.45) is 0.999. The molecule has 1 fully saturated rings. The van der Waals surface area contributed by atoms with Crippen LogP contribution in [0.5, 0.6) is 0 Å². The van der Waals surface area contributed by atoms with E-state index in [0.717, 1.165) is 11.3 Å². The van der Waals surface area contributed by atoms with Crippen LogP contribution in [0.1, 0.15) is 37.4 Å². The molecule has 2 rings (SSSR count). The maximum Gasteiger partial charge on any atom is 0.246 e. The Hall–Kier alpha value is -1.36. The van der Waals surface area contributed by atoms with Gasteiger partial charge in [-0.15, -0.1) is 11.3 Å². The second kappa shape index (κ2) is 4.96. The molecule has 19 heavy (non-hydrogen) atoms. The Kier molecular flexibility index (Phi) is 3.67. The van der Waals surface area contributed by atoms with Crippen LogP contribution in [-0.2, 0) is 22.6 Å². The average Bonchev–Trinajstić information content (AvgIpc) is 2.80. The van der Waals surface area contributed by atoms with E-state index >= 15 is 0 Å². The van der Waals surface area contributed by atoms with Crippen molar-refractivity contribution in [2.24, 2.45) is 0 Å².